The number of thioether (sulfide) groups is 1. The summed E-state index contributed by atoms with van der Waals surface area (Å²) in [5.41, 5.74) is 6.17. The molecule has 1 aromatic heterocycles. The first-order chi connectivity index (χ1) is 11.5. The summed E-state index contributed by atoms with van der Waals surface area (Å²) >= 11 is 1.29. The molecular formula is C17H20N4O2S. The van der Waals surface area contributed by atoms with Crippen LogP contribution in [0.3, 0.4) is 0 Å². The molecule has 126 valence electrons. The molecule has 0 bridgehead atoms. The van der Waals surface area contributed by atoms with Crippen LogP contribution in [0.15, 0.2) is 34.5 Å². The average molecular weight is 344 g/mol. The molecule has 0 spiro atoms. The molecule has 0 aliphatic heterocycles. The second-order valence-electron chi connectivity index (χ2n) is 5.24. The first kappa shape index (κ1) is 17.9. The van der Waals surface area contributed by atoms with Gasteiger partial charge in [0.25, 0.3) is 5.91 Å². The van der Waals surface area contributed by atoms with Crippen molar-refractivity contribution < 1.29 is 9.53 Å². The van der Waals surface area contributed by atoms with Crippen LogP contribution in [-0.4, -0.2) is 35.0 Å². The van der Waals surface area contributed by atoms with Crippen LogP contribution in [0.5, 0.6) is 5.75 Å². The van der Waals surface area contributed by atoms with Crippen molar-refractivity contribution in [3.8, 4) is 5.75 Å². The largest absolute Gasteiger partial charge is 0.496 e. The Hall–Kier alpha value is -2.41. The highest BCUT2D eigenvalue weighted by Crippen LogP contribution is 2.17. The number of rotatable bonds is 6. The van der Waals surface area contributed by atoms with E-state index in [1.54, 1.807) is 13.3 Å². The van der Waals surface area contributed by atoms with Gasteiger partial charge in [-0.3, -0.25) is 4.79 Å². The van der Waals surface area contributed by atoms with Crippen molar-refractivity contribution in [1.29, 1.82) is 0 Å². The van der Waals surface area contributed by atoms with E-state index in [0.717, 1.165) is 28.3 Å². The lowest BCUT2D eigenvalue weighted by molar-refractivity contribution is -0.118. The second kappa shape index (κ2) is 8.44. The lowest BCUT2D eigenvalue weighted by Gasteiger charge is -2.04. The lowest BCUT2D eigenvalue weighted by Crippen LogP contribution is -2.19. The van der Waals surface area contributed by atoms with Gasteiger partial charge >= 0.3 is 0 Å². The number of methoxy groups -OCH3 is 1. The first-order valence-electron chi connectivity index (χ1n) is 7.39. The van der Waals surface area contributed by atoms with Crippen molar-refractivity contribution in [2.45, 2.75) is 25.9 Å². The van der Waals surface area contributed by atoms with Gasteiger partial charge in [-0.25, -0.2) is 15.4 Å². The zero-order valence-corrected chi connectivity index (χ0v) is 15.0. The van der Waals surface area contributed by atoms with Gasteiger partial charge < -0.3 is 4.74 Å². The Kier molecular flexibility index (Phi) is 6.31. The van der Waals surface area contributed by atoms with E-state index in [-0.39, 0.29) is 11.7 Å². The summed E-state index contributed by atoms with van der Waals surface area (Å²) in [6, 6.07) is 7.57. The first-order valence-corrected chi connectivity index (χ1v) is 8.38. The minimum atomic E-state index is -0.204. The maximum absolute atomic E-state index is 11.8. The SMILES string of the molecule is COc1ccc(/C=N\NC(=O)CSc2nc(C)cc(C)n2)cc1C. The van der Waals surface area contributed by atoms with Crippen LogP contribution >= 0.6 is 11.8 Å². The molecule has 0 saturated heterocycles. The van der Waals surface area contributed by atoms with Crippen LogP contribution in [-0.2, 0) is 4.79 Å². The van der Waals surface area contributed by atoms with Gasteiger partial charge in [-0.15, -0.1) is 0 Å². The van der Waals surface area contributed by atoms with E-state index in [1.165, 1.54) is 11.8 Å². The van der Waals surface area contributed by atoms with Crippen LogP contribution in [0.25, 0.3) is 0 Å². The van der Waals surface area contributed by atoms with Crippen LogP contribution in [0.1, 0.15) is 22.5 Å². The van der Waals surface area contributed by atoms with Gasteiger partial charge in [0.05, 0.1) is 19.1 Å². The van der Waals surface area contributed by atoms with Crippen molar-refractivity contribution in [1.82, 2.24) is 15.4 Å². The molecule has 0 fully saturated rings. The van der Waals surface area contributed by atoms with Crippen molar-refractivity contribution in [2.75, 3.05) is 12.9 Å². The van der Waals surface area contributed by atoms with Gasteiger partial charge in [0, 0.05) is 11.4 Å². The van der Waals surface area contributed by atoms with Gasteiger partial charge in [0.1, 0.15) is 5.75 Å². The molecule has 1 aromatic carbocycles. The van der Waals surface area contributed by atoms with E-state index < -0.39 is 0 Å². The number of aryl methyl sites for hydroxylation is 3. The molecule has 2 rings (SSSR count). The van der Waals surface area contributed by atoms with Gasteiger partial charge in [0.15, 0.2) is 5.16 Å². The molecule has 0 aliphatic rings. The topological polar surface area (TPSA) is 76.5 Å². The number of carbonyl (C=O) groups excluding carboxylic acids is 1. The Bertz CT molecular complexity index is 742. The summed E-state index contributed by atoms with van der Waals surface area (Å²) in [5, 5.41) is 4.56. The van der Waals surface area contributed by atoms with Gasteiger partial charge in [-0.1, -0.05) is 11.8 Å². The number of ether oxygens (including phenoxy) is 1. The standard InChI is InChI=1S/C17H20N4O2S/c1-11-7-14(5-6-15(11)23-4)9-18-21-16(22)10-24-17-19-12(2)8-13(3)20-17/h5-9H,10H2,1-4H3,(H,21,22)/b18-9-. The van der Waals surface area contributed by atoms with E-state index in [9.17, 15) is 4.79 Å². The lowest BCUT2D eigenvalue weighted by atomic mass is 10.1. The molecule has 1 amide bonds. The number of nitrogens with one attached hydrogen (secondary N) is 1. The summed E-state index contributed by atoms with van der Waals surface area (Å²) < 4.78 is 5.20. The third kappa shape index (κ3) is 5.34. The van der Waals surface area contributed by atoms with Crippen LogP contribution in [0, 0.1) is 20.8 Å². The number of hydrogen-bond donors (Lipinski definition) is 1. The predicted molar refractivity (Wildman–Crippen MR) is 95.7 cm³/mol. The van der Waals surface area contributed by atoms with E-state index >= 15 is 0 Å². The highest BCUT2D eigenvalue weighted by atomic mass is 32.2. The number of hydrogen-bond acceptors (Lipinski definition) is 6. The Morgan fingerprint density at radius 3 is 2.58 bits per heavy atom. The average Bonchev–Trinajstić information content (AvgIpc) is 2.52. The number of amides is 1. The van der Waals surface area contributed by atoms with Crippen molar-refractivity contribution in [3.63, 3.8) is 0 Å². The predicted octanol–water partition coefficient (Wildman–Crippen LogP) is 2.65. The zero-order chi connectivity index (χ0) is 17.5. The third-order valence-corrected chi connectivity index (χ3v) is 3.96. The molecule has 6 nitrogen and oxygen atoms in total. The Morgan fingerprint density at radius 2 is 1.96 bits per heavy atom. The van der Waals surface area contributed by atoms with E-state index in [1.807, 2.05) is 45.0 Å². The number of aromatic nitrogens is 2. The van der Waals surface area contributed by atoms with E-state index in [0.29, 0.717) is 5.16 Å². The summed E-state index contributed by atoms with van der Waals surface area (Å²) in [6.45, 7) is 5.76. The fourth-order valence-corrected chi connectivity index (χ4v) is 2.82. The highest BCUT2D eigenvalue weighted by molar-refractivity contribution is 7.99. The van der Waals surface area contributed by atoms with Crippen LogP contribution in [0.4, 0.5) is 0 Å². The fourth-order valence-electron chi connectivity index (χ4n) is 2.08. The summed E-state index contributed by atoms with van der Waals surface area (Å²) in [7, 11) is 1.63. The second-order valence-corrected chi connectivity index (χ2v) is 6.19. The van der Waals surface area contributed by atoms with E-state index in [2.05, 4.69) is 20.5 Å². The summed E-state index contributed by atoms with van der Waals surface area (Å²) in [5.74, 6) is 0.826. The molecule has 7 heteroatoms. The van der Waals surface area contributed by atoms with Crippen LogP contribution in [0.2, 0.25) is 0 Å². The Morgan fingerprint density at radius 1 is 1.25 bits per heavy atom. The minimum Gasteiger partial charge on any atom is -0.496 e. The molecule has 0 radical (unpaired) electrons. The number of carbonyl (C=O) groups is 1. The molecule has 0 saturated carbocycles. The van der Waals surface area contributed by atoms with Crippen LogP contribution < -0.4 is 10.2 Å². The van der Waals surface area contributed by atoms with Gasteiger partial charge in [-0.05, 0) is 56.2 Å². The minimum absolute atomic E-state index is 0.204. The number of nitrogens with zero attached hydrogens (tertiary/aromatic N) is 3. The molecule has 1 N–H and O–H groups in total. The normalized spacial score (nSPS) is 10.8. The number of hydrazone groups is 1. The van der Waals surface area contributed by atoms with E-state index in [4.69, 9.17) is 4.74 Å². The number of benzene rings is 1. The quantitative estimate of drug-likeness (QED) is 0.377. The highest BCUT2D eigenvalue weighted by Gasteiger charge is 2.05. The monoisotopic (exact) mass is 344 g/mol. The summed E-state index contributed by atoms with van der Waals surface area (Å²) in [4.78, 5) is 20.4. The molecule has 24 heavy (non-hydrogen) atoms. The Labute approximate surface area is 145 Å². The maximum atomic E-state index is 11.8. The van der Waals surface area contributed by atoms with Gasteiger partial charge in [0.2, 0.25) is 0 Å². The van der Waals surface area contributed by atoms with Crippen molar-refractivity contribution >= 4 is 23.9 Å². The smallest absolute Gasteiger partial charge is 0.250 e. The molecule has 1 heterocycles. The fraction of sp³-hybridized carbons (Fsp3) is 0.294. The third-order valence-electron chi connectivity index (χ3n) is 3.12. The molecular weight excluding hydrogens is 324 g/mol. The maximum Gasteiger partial charge on any atom is 0.250 e. The summed E-state index contributed by atoms with van der Waals surface area (Å²) in [6.07, 6.45) is 1.60. The molecule has 0 atom stereocenters. The van der Waals surface area contributed by atoms with Crippen molar-refractivity contribution in [2.24, 2.45) is 5.10 Å². The zero-order valence-electron chi connectivity index (χ0n) is 14.2. The Balaban J connectivity index is 1.85. The van der Waals surface area contributed by atoms with Crippen molar-refractivity contribution in [3.05, 3.63) is 46.8 Å². The molecule has 2 aromatic rings. The molecule has 0 aliphatic carbocycles. The van der Waals surface area contributed by atoms with Gasteiger partial charge in [-0.2, -0.15) is 5.10 Å². The molecule has 0 unspecified atom stereocenters.